The van der Waals surface area contributed by atoms with Crippen LogP contribution in [0.2, 0.25) is 0 Å². The molecule has 2 saturated heterocycles. The number of carbonyl (C=O) groups is 2. The fourth-order valence-electron chi connectivity index (χ4n) is 4.02. The molecule has 2 aliphatic rings. The summed E-state index contributed by atoms with van der Waals surface area (Å²) in [5, 5.41) is 2.95. The molecule has 3 amide bonds. The van der Waals surface area contributed by atoms with Crippen molar-refractivity contribution in [2.24, 2.45) is 0 Å². The number of piperazine rings is 1. The molecule has 7 nitrogen and oxygen atoms in total. The number of benzene rings is 1. The van der Waals surface area contributed by atoms with Gasteiger partial charge in [-0.25, -0.2) is 9.69 Å². The Balaban J connectivity index is 1.43. The van der Waals surface area contributed by atoms with Gasteiger partial charge in [0.1, 0.15) is 5.54 Å². The van der Waals surface area contributed by atoms with E-state index in [4.69, 9.17) is 0 Å². The maximum absolute atomic E-state index is 13.2. The first-order chi connectivity index (χ1) is 13.6. The second-order valence-electron chi connectivity index (χ2n) is 7.24. The predicted octanol–water partition coefficient (Wildman–Crippen LogP) is 2.02. The van der Waals surface area contributed by atoms with Crippen LogP contribution in [-0.2, 0) is 10.3 Å². The Kier molecular flexibility index (Phi) is 5.00. The van der Waals surface area contributed by atoms with Crippen LogP contribution in [-0.4, -0.2) is 59.6 Å². The summed E-state index contributed by atoms with van der Waals surface area (Å²) in [6.07, 6.45) is 4.11. The zero-order valence-corrected chi connectivity index (χ0v) is 16.0. The highest BCUT2D eigenvalue weighted by molar-refractivity contribution is 6.07. The molecule has 1 aromatic heterocycles. The highest BCUT2D eigenvalue weighted by atomic mass is 16.2. The molecule has 0 saturated carbocycles. The molecule has 0 radical (unpaired) electrons. The molecular weight excluding hydrogens is 354 g/mol. The van der Waals surface area contributed by atoms with Gasteiger partial charge in [-0.05, 0) is 24.1 Å². The van der Waals surface area contributed by atoms with Gasteiger partial charge < -0.3 is 10.2 Å². The molecule has 28 heavy (non-hydrogen) atoms. The minimum atomic E-state index is -0.961. The molecule has 2 fully saturated rings. The van der Waals surface area contributed by atoms with Crippen molar-refractivity contribution in [3.8, 4) is 0 Å². The number of anilines is 1. The second kappa shape index (κ2) is 7.59. The number of pyridine rings is 1. The number of amides is 3. The third kappa shape index (κ3) is 3.22. The molecule has 146 valence electrons. The van der Waals surface area contributed by atoms with E-state index in [1.54, 1.807) is 12.4 Å². The molecule has 7 heteroatoms. The van der Waals surface area contributed by atoms with Gasteiger partial charge in [0.25, 0.3) is 5.91 Å². The van der Waals surface area contributed by atoms with E-state index < -0.39 is 5.54 Å². The molecule has 2 aliphatic heterocycles. The number of rotatable bonds is 5. The van der Waals surface area contributed by atoms with Crippen molar-refractivity contribution in [2.45, 2.75) is 18.9 Å². The lowest BCUT2D eigenvalue weighted by atomic mass is 9.87. The zero-order valence-electron chi connectivity index (χ0n) is 16.0. The van der Waals surface area contributed by atoms with Gasteiger partial charge in [0, 0.05) is 44.3 Å². The fourth-order valence-corrected chi connectivity index (χ4v) is 4.02. The van der Waals surface area contributed by atoms with Crippen LogP contribution in [0.5, 0.6) is 0 Å². The summed E-state index contributed by atoms with van der Waals surface area (Å²) in [5.41, 5.74) is 1.02. The maximum Gasteiger partial charge on any atom is 0.326 e. The number of hydrogen-bond donors (Lipinski definition) is 1. The van der Waals surface area contributed by atoms with Crippen LogP contribution in [0.1, 0.15) is 18.9 Å². The number of urea groups is 1. The summed E-state index contributed by atoms with van der Waals surface area (Å²) in [7, 11) is 0. The Hall–Kier alpha value is -2.93. The van der Waals surface area contributed by atoms with Gasteiger partial charge in [-0.15, -0.1) is 0 Å². The lowest BCUT2D eigenvalue weighted by Crippen LogP contribution is -2.51. The van der Waals surface area contributed by atoms with Gasteiger partial charge in [0.2, 0.25) is 0 Å². The summed E-state index contributed by atoms with van der Waals surface area (Å²) in [6, 6.07) is 13.2. The third-order valence-corrected chi connectivity index (χ3v) is 5.71. The lowest BCUT2D eigenvalue weighted by molar-refractivity contribution is -0.133. The number of hydrogen-bond acceptors (Lipinski definition) is 5. The highest BCUT2D eigenvalue weighted by Gasteiger charge is 2.51. The van der Waals surface area contributed by atoms with Gasteiger partial charge in [0.05, 0.1) is 6.67 Å². The monoisotopic (exact) mass is 379 g/mol. The van der Waals surface area contributed by atoms with Crippen molar-refractivity contribution in [1.82, 2.24) is 20.1 Å². The SMILES string of the molecule is CC[C@]1(c2ccccc2)NC(=O)N(CN2CCN(c3ccncc3)CC2)C1=O. The fraction of sp³-hybridized carbons (Fsp3) is 0.381. The minimum absolute atomic E-state index is 0.164. The molecule has 0 aliphatic carbocycles. The van der Waals surface area contributed by atoms with Crippen LogP contribution in [0.15, 0.2) is 54.9 Å². The Morgan fingerprint density at radius 1 is 1.00 bits per heavy atom. The van der Waals surface area contributed by atoms with Crippen molar-refractivity contribution in [3.05, 3.63) is 60.4 Å². The molecule has 1 N–H and O–H groups in total. The zero-order chi connectivity index (χ0) is 19.6. The Morgan fingerprint density at radius 3 is 2.32 bits per heavy atom. The van der Waals surface area contributed by atoms with Crippen LogP contribution in [0, 0.1) is 0 Å². The number of imide groups is 1. The normalized spacial score (nSPS) is 23.2. The van der Waals surface area contributed by atoms with Crippen LogP contribution < -0.4 is 10.2 Å². The highest BCUT2D eigenvalue weighted by Crippen LogP contribution is 2.32. The molecule has 4 rings (SSSR count). The van der Waals surface area contributed by atoms with Crippen LogP contribution in [0.3, 0.4) is 0 Å². The van der Waals surface area contributed by atoms with Crippen molar-refractivity contribution < 1.29 is 9.59 Å². The maximum atomic E-state index is 13.2. The van der Waals surface area contributed by atoms with Gasteiger partial charge in [-0.3, -0.25) is 14.7 Å². The molecular formula is C21H25N5O2. The second-order valence-corrected chi connectivity index (χ2v) is 7.24. The summed E-state index contributed by atoms with van der Waals surface area (Å²) < 4.78 is 0. The molecule has 1 aromatic carbocycles. The smallest absolute Gasteiger partial charge is 0.326 e. The molecule has 0 spiro atoms. The first kappa shape index (κ1) is 18.4. The topological polar surface area (TPSA) is 68.8 Å². The van der Waals surface area contributed by atoms with Gasteiger partial charge in [-0.2, -0.15) is 0 Å². The quantitative estimate of drug-likeness (QED) is 0.805. The van der Waals surface area contributed by atoms with Gasteiger partial charge in [0.15, 0.2) is 0 Å². The Labute approximate surface area is 164 Å². The number of aromatic nitrogens is 1. The van der Waals surface area contributed by atoms with Crippen molar-refractivity contribution >= 4 is 17.6 Å². The van der Waals surface area contributed by atoms with E-state index in [0.29, 0.717) is 13.1 Å². The standard InChI is InChI=1S/C21H25N5O2/c1-2-21(17-6-4-3-5-7-17)19(27)26(20(28)23-21)16-24-12-14-25(15-13-24)18-8-10-22-11-9-18/h3-11H,2,12-16H2,1H3,(H,23,28)/t21-/m1/s1. The van der Waals surface area contributed by atoms with E-state index in [2.05, 4.69) is 20.1 Å². The average Bonchev–Trinajstić information content (AvgIpc) is 3.00. The molecule has 0 unspecified atom stereocenters. The van der Waals surface area contributed by atoms with E-state index in [1.165, 1.54) is 4.90 Å². The van der Waals surface area contributed by atoms with Crippen molar-refractivity contribution in [1.29, 1.82) is 0 Å². The molecule has 0 bridgehead atoms. The minimum Gasteiger partial charge on any atom is -0.369 e. The Morgan fingerprint density at radius 2 is 1.68 bits per heavy atom. The van der Waals surface area contributed by atoms with Crippen LogP contribution in [0.4, 0.5) is 10.5 Å². The predicted molar refractivity (Wildman–Crippen MR) is 107 cm³/mol. The summed E-state index contributed by atoms with van der Waals surface area (Å²) in [6.45, 7) is 5.55. The third-order valence-electron chi connectivity index (χ3n) is 5.71. The molecule has 2 aromatic rings. The van der Waals surface area contributed by atoms with Crippen molar-refractivity contribution in [2.75, 3.05) is 37.7 Å². The number of nitrogens with one attached hydrogen (secondary N) is 1. The van der Waals surface area contributed by atoms with E-state index in [-0.39, 0.29) is 11.9 Å². The lowest BCUT2D eigenvalue weighted by Gasteiger charge is -2.37. The molecule has 3 heterocycles. The van der Waals surface area contributed by atoms with Crippen LogP contribution >= 0.6 is 0 Å². The van der Waals surface area contributed by atoms with E-state index >= 15 is 0 Å². The Bertz CT molecular complexity index is 836. The van der Waals surface area contributed by atoms with E-state index in [0.717, 1.165) is 37.4 Å². The molecule has 1 atom stereocenters. The summed E-state index contributed by atoms with van der Waals surface area (Å²) >= 11 is 0. The largest absolute Gasteiger partial charge is 0.369 e. The number of nitrogens with zero attached hydrogens (tertiary/aromatic N) is 4. The first-order valence-electron chi connectivity index (χ1n) is 9.71. The number of carbonyl (C=O) groups excluding carboxylic acids is 2. The van der Waals surface area contributed by atoms with Crippen LogP contribution in [0.25, 0.3) is 0 Å². The van der Waals surface area contributed by atoms with Gasteiger partial charge in [-0.1, -0.05) is 37.3 Å². The summed E-state index contributed by atoms with van der Waals surface area (Å²) in [4.78, 5) is 35.7. The van der Waals surface area contributed by atoms with Crippen molar-refractivity contribution in [3.63, 3.8) is 0 Å². The summed E-state index contributed by atoms with van der Waals surface area (Å²) in [5.74, 6) is -0.164. The van der Waals surface area contributed by atoms with E-state index in [1.807, 2.05) is 49.4 Å². The van der Waals surface area contributed by atoms with Gasteiger partial charge >= 0.3 is 6.03 Å². The van der Waals surface area contributed by atoms with E-state index in [9.17, 15) is 9.59 Å². The average molecular weight is 379 g/mol. The first-order valence-corrected chi connectivity index (χ1v) is 9.71.